The molecule has 4 nitrogen and oxygen atoms in total. The van der Waals surface area contributed by atoms with E-state index in [1.165, 1.54) is 0 Å². The van der Waals surface area contributed by atoms with Crippen LogP contribution in [0.3, 0.4) is 0 Å². The summed E-state index contributed by atoms with van der Waals surface area (Å²) in [5.74, 6) is -1.10. The van der Waals surface area contributed by atoms with Gasteiger partial charge in [0.15, 0.2) is 0 Å². The summed E-state index contributed by atoms with van der Waals surface area (Å²) in [7, 11) is 0. The van der Waals surface area contributed by atoms with E-state index in [0.29, 0.717) is 6.61 Å². The van der Waals surface area contributed by atoms with Crippen molar-refractivity contribution >= 4 is 11.9 Å². The Bertz CT molecular complexity index is 286. The zero-order chi connectivity index (χ0) is 13.5. The summed E-state index contributed by atoms with van der Waals surface area (Å²) < 4.78 is 10.4. The van der Waals surface area contributed by atoms with Crippen LogP contribution in [0.1, 0.15) is 52.9 Å². The molecular formula is C14H24O4. The van der Waals surface area contributed by atoms with Crippen LogP contribution < -0.4 is 0 Å². The Kier molecular flexibility index (Phi) is 6.16. The van der Waals surface area contributed by atoms with Crippen LogP contribution in [0.15, 0.2) is 0 Å². The van der Waals surface area contributed by atoms with E-state index < -0.39 is 0 Å². The molecule has 2 unspecified atom stereocenters. The van der Waals surface area contributed by atoms with E-state index in [1.807, 2.05) is 20.8 Å². The Labute approximate surface area is 109 Å². The van der Waals surface area contributed by atoms with Crippen molar-refractivity contribution in [2.75, 3.05) is 6.61 Å². The summed E-state index contributed by atoms with van der Waals surface area (Å²) >= 11 is 0. The Morgan fingerprint density at radius 2 is 1.67 bits per heavy atom. The van der Waals surface area contributed by atoms with Crippen molar-refractivity contribution in [2.45, 2.75) is 59.0 Å². The van der Waals surface area contributed by atoms with Crippen LogP contribution in [0.4, 0.5) is 0 Å². The third kappa shape index (κ3) is 4.31. The topological polar surface area (TPSA) is 52.6 Å². The maximum Gasteiger partial charge on any atom is 0.310 e. The Morgan fingerprint density at radius 3 is 2.17 bits per heavy atom. The highest BCUT2D eigenvalue weighted by Gasteiger charge is 2.38. The fourth-order valence-corrected chi connectivity index (χ4v) is 2.32. The van der Waals surface area contributed by atoms with Crippen LogP contribution in [0.2, 0.25) is 0 Å². The first-order valence-electron chi connectivity index (χ1n) is 6.93. The van der Waals surface area contributed by atoms with E-state index >= 15 is 0 Å². The number of rotatable bonds is 5. The quantitative estimate of drug-likeness (QED) is 0.710. The van der Waals surface area contributed by atoms with E-state index in [9.17, 15) is 9.59 Å². The fourth-order valence-electron chi connectivity index (χ4n) is 2.32. The largest absolute Gasteiger partial charge is 0.465 e. The molecule has 0 radical (unpaired) electrons. The van der Waals surface area contributed by atoms with Crippen molar-refractivity contribution in [2.24, 2.45) is 11.8 Å². The minimum atomic E-state index is -0.314. The van der Waals surface area contributed by atoms with Gasteiger partial charge in [-0.25, -0.2) is 0 Å². The van der Waals surface area contributed by atoms with Crippen LogP contribution in [0.25, 0.3) is 0 Å². The second-order valence-corrected chi connectivity index (χ2v) is 5.15. The highest BCUT2D eigenvalue weighted by atomic mass is 16.5. The molecule has 1 fully saturated rings. The molecule has 1 rings (SSSR count). The number of ether oxygens (including phenoxy) is 2. The average molecular weight is 256 g/mol. The molecule has 1 saturated carbocycles. The van der Waals surface area contributed by atoms with Crippen LogP contribution >= 0.6 is 0 Å². The minimum absolute atomic E-state index is 0.133. The molecule has 0 bridgehead atoms. The van der Waals surface area contributed by atoms with E-state index in [-0.39, 0.29) is 29.9 Å². The molecule has 1 aliphatic carbocycles. The van der Waals surface area contributed by atoms with Gasteiger partial charge in [0.1, 0.15) is 0 Å². The van der Waals surface area contributed by atoms with Crippen molar-refractivity contribution in [3.8, 4) is 0 Å². The highest BCUT2D eigenvalue weighted by Crippen LogP contribution is 2.32. The number of carbonyl (C=O) groups is 2. The number of carbonyl (C=O) groups excluding carboxylic acids is 2. The zero-order valence-corrected chi connectivity index (χ0v) is 11.6. The van der Waals surface area contributed by atoms with Gasteiger partial charge in [-0.1, -0.05) is 19.8 Å². The predicted molar refractivity (Wildman–Crippen MR) is 67.9 cm³/mol. The Morgan fingerprint density at radius 1 is 1.11 bits per heavy atom. The lowest BCUT2D eigenvalue weighted by Crippen LogP contribution is -2.36. The molecule has 0 aliphatic heterocycles. The Balaban J connectivity index is 2.61. The van der Waals surface area contributed by atoms with Crippen LogP contribution in [0, 0.1) is 11.8 Å². The third-order valence-corrected chi connectivity index (χ3v) is 3.17. The lowest BCUT2D eigenvalue weighted by molar-refractivity contribution is -0.165. The monoisotopic (exact) mass is 256 g/mol. The van der Waals surface area contributed by atoms with Gasteiger partial charge in [-0.15, -0.1) is 0 Å². The van der Waals surface area contributed by atoms with Crippen molar-refractivity contribution in [1.82, 2.24) is 0 Å². The molecule has 18 heavy (non-hydrogen) atoms. The summed E-state index contributed by atoms with van der Waals surface area (Å²) in [6.07, 6.45) is 4.11. The summed E-state index contributed by atoms with van der Waals surface area (Å²) in [6, 6.07) is 0. The van der Waals surface area contributed by atoms with Crippen LogP contribution in [0.5, 0.6) is 0 Å². The standard InChI is InChI=1S/C14H24O4/c1-4-9-17-13(15)11-7-5-6-8-12(11)14(16)18-10(2)3/h10-12H,4-9H2,1-3H3. The maximum absolute atomic E-state index is 12.0. The zero-order valence-electron chi connectivity index (χ0n) is 11.6. The first kappa shape index (κ1) is 15.0. The second-order valence-electron chi connectivity index (χ2n) is 5.15. The molecule has 0 aromatic carbocycles. The molecule has 1 aliphatic rings. The third-order valence-electron chi connectivity index (χ3n) is 3.17. The minimum Gasteiger partial charge on any atom is -0.465 e. The molecule has 0 spiro atoms. The van der Waals surface area contributed by atoms with Crippen LogP contribution in [-0.2, 0) is 19.1 Å². The molecular weight excluding hydrogens is 232 g/mol. The van der Waals surface area contributed by atoms with E-state index in [0.717, 1.165) is 32.1 Å². The molecule has 0 N–H and O–H groups in total. The molecule has 0 amide bonds. The van der Waals surface area contributed by atoms with Gasteiger partial charge in [0.25, 0.3) is 0 Å². The first-order chi connectivity index (χ1) is 8.56. The Hall–Kier alpha value is -1.06. The SMILES string of the molecule is CCCOC(=O)C1CCCCC1C(=O)OC(C)C. The van der Waals surface area contributed by atoms with Gasteiger partial charge in [0, 0.05) is 0 Å². The van der Waals surface area contributed by atoms with E-state index in [2.05, 4.69) is 0 Å². The van der Waals surface area contributed by atoms with Crippen molar-refractivity contribution < 1.29 is 19.1 Å². The normalized spacial score (nSPS) is 23.8. The van der Waals surface area contributed by atoms with Gasteiger partial charge in [-0.05, 0) is 33.1 Å². The summed E-state index contributed by atoms with van der Waals surface area (Å²) in [4.78, 5) is 23.9. The number of hydrogen-bond acceptors (Lipinski definition) is 4. The van der Waals surface area contributed by atoms with Crippen molar-refractivity contribution in [3.05, 3.63) is 0 Å². The predicted octanol–water partition coefficient (Wildman–Crippen LogP) is 2.70. The first-order valence-corrected chi connectivity index (χ1v) is 6.93. The smallest absolute Gasteiger partial charge is 0.310 e. The summed E-state index contributed by atoms with van der Waals surface area (Å²) in [5.41, 5.74) is 0. The van der Waals surface area contributed by atoms with Gasteiger partial charge in [-0.3, -0.25) is 9.59 Å². The van der Waals surface area contributed by atoms with Crippen molar-refractivity contribution in [3.63, 3.8) is 0 Å². The molecule has 0 saturated heterocycles. The molecule has 0 heterocycles. The van der Waals surface area contributed by atoms with E-state index in [1.54, 1.807) is 0 Å². The summed E-state index contributed by atoms with van der Waals surface area (Å²) in [5, 5.41) is 0. The van der Waals surface area contributed by atoms with Gasteiger partial charge in [0.05, 0.1) is 24.5 Å². The molecule has 2 atom stereocenters. The van der Waals surface area contributed by atoms with E-state index in [4.69, 9.17) is 9.47 Å². The lowest BCUT2D eigenvalue weighted by Gasteiger charge is -2.28. The van der Waals surface area contributed by atoms with Gasteiger partial charge in [0.2, 0.25) is 0 Å². The second kappa shape index (κ2) is 7.39. The molecule has 4 heteroatoms. The average Bonchev–Trinajstić information content (AvgIpc) is 2.35. The van der Waals surface area contributed by atoms with Gasteiger partial charge >= 0.3 is 11.9 Å². The van der Waals surface area contributed by atoms with Crippen LogP contribution in [-0.4, -0.2) is 24.6 Å². The van der Waals surface area contributed by atoms with Gasteiger partial charge < -0.3 is 9.47 Å². The molecule has 0 aromatic rings. The number of esters is 2. The van der Waals surface area contributed by atoms with Crippen molar-refractivity contribution in [1.29, 1.82) is 0 Å². The highest BCUT2D eigenvalue weighted by molar-refractivity contribution is 5.82. The number of hydrogen-bond donors (Lipinski definition) is 0. The molecule has 0 aromatic heterocycles. The summed E-state index contributed by atoms with van der Waals surface area (Å²) in [6.45, 7) is 6.04. The maximum atomic E-state index is 12.0. The molecule has 104 valence electrons. The fraction of sp³-hybridized carbons (Fsp3) is 0.857. The van der Waals surface area contributed by atoms with Gasteiger partial charge in [-0.2, -0.15) is 0 Å². The lowest BCUT2D eigenvalue weighted by atomic mass is 9.79.